The molecule has 0 atom stereocenters. The second-order valence-electron chi connectivity index (χ2n) is 5.44. The van der Waals surface area contributed by atoms with Crippen molar-refractivity contribution in [2.45, 2.75) is 45.4 Å². The van der Waals surface area contributed by atoms with E-state index in [9.17, 15) is 9.90 Å². The Morgan fingerprint density at radius 2 is 1.71 bits per heavy atom. The van der Waals surface area contributed by atoms with E-state index in [1.165, 1.54) is 38.3 Å². The molecule has 1 N–H and O–H groups in total. The maximum absolute atomic E-state index is 12.1. The van der Waals surface area contributed by atoms with Gasteiger partial charge in [-0.2, -0.15) is 0 Å². The Balaban J connectivity index is 1.83. The van der Waals surface area contributed by atoms with E-state index in [2.05, 4.69) is 11.9 Å². The largest absolute Gasteiger partial charge is 0.506 e. The summed E-state index contributed by atoms with van der Waals surface area (Å²) in [4.78, 5) is 16.4. The van der Waals surface area contributed by atoms with E-state index in [4.69, 9.17) is 0 Å². The number of hydrogen-bond donors (Lipinski definition) is 1. The second kappa shape index (κ2) is 7.77. The minimum absolute atomic E-state index is 0.0577. The highest BCUT2D eigenvalue weighted by atomic mass is 16.3. The number of Topliss-reactive ketones (excluding diaryl/α,β-unsaturated/α-hetero) is 1. The first kappa shape index (κ1) is 15.5. The molecule has 0 aromatic heterocycles. The lowest BCUT2D eigenvalue weighted by atomic mass is 10.1. The summed E-state index contributed by atoms with van der Waals surface area (Å²) in [5, 5.41) is 10.1. The van der Waals surface area contributed by atoms with Crippen molar-refractivity contribution in [3.05, 3.63) is 41.0 Å². The predicted molar refractivity (Wildman–Crippen MR) is 87.1 cm³/mol. The van der Waals surface area contributed by atoms with Gasteiger partial charge in [-0.3, -0.25) is 9.79 Å². The second-order valence-corrected chi connectivity index (χ2v) is 5.44. The third kappa shape index (κ3) is 3.81. The number of hydrogen-bond acceptors (Lipinski definition) is 3. The molecule has 0 saturated carbocycles. The molecule has 0 aliphatic heterocycles. The van der Waals surface area contributed by atoms with Crippen LogP contribution < -0.4 is 0 Å². The quantitative estimate of drug-likeness (QED) is 0.561. The molecule has 0 radical (unpaired) electrons. The number of nitrogens with zero attached hydrogens (tertiary/aromatic N) is 1. The van der Waals surface area contributed by atoms with Gasteiger partial charge in [-0.1, -0.05) is 63.3 Å². The summed E-state index contributed by atoms with van der Waals surface area (Å²) in [6, 6.07) is 7.12. The van der Waals surface area contributed by atoms with Gasteiger partial charge in [0.1, 0.15) is 5.76 Å². The van der Waals surface area contributed by atoms with Crippen molar-refractivity contribution in [3.63, 3.8) is 0 Å². The zero-order chi connectivity index (χ0) is 15.1. The number of aliphatic hydroxyl groups excluding tert-OH is 1. The summed E-state index contributed by atoms with van der Waals surface area (Å²) < 4.78 is 0. The first-order valence-corrected chi connectivity index (χ1v) is 7.83. The Hall–Kier alpha value is -1.90. The number of rotatable bonds is 8. The molecule has 1 aliphatic rings. The van der Waals surface area contributed by atoms with Gasteiger partial charge in [0.25, 0.3) is 0 Å². The highest BCUT2D eigenvalue weighted by Gasteiger charge is 2.27. The van der Waals surface area contributed by atoms with Crippen LogP contribution in [-0.2, 0) is 0 Å². The molecular formula is C18H23NO2. The molecule has 1 aliphatic carbocycles. The smallest absolute Gasteiger partial charge is 0.199 e. The summed E-state index contributed by atoms with van der Waals surface area (Å²) in [5.41, 5.74) is 1.50. The van der Waals surface area contributed by atoms with Gasteiger partial charge in [0.15, 0.2) is 5.78 Å². The number of allylic oxidation sites excluding steroid dienone is 1. The molecule has 3 nitrogen and oxygen atoms in total. The molecule has 21 heavy (non-hydrogen) atoms. The van der Waals surface area contributed by atoms with Crippen LogP contribution in [0.4, 0.5) is 0 Å². The van der Waals surface area contributed by atoms with Crippen molar-refractivity contribution in [1.82, 2.24) is 0 Å². The Bertz CT molecular complexity index is 558. The number of carbonyl (C=O) groups is 1. The van der Waals surface area contributed by atoms with Gasteiger partial charge in [-0.05, 0) is 6.42 Å². The van der Waals surface area contributed by atoms with Crippen molar-refractivity contribution < 1.29 is 9.90 Å². The summed E-state index contributed by atoms with van der Waals surface area (Å²) in [6.07, 6.45) is 8.85. The van der Waals surface area contributed by atoms with E-state index >= 15 is 0 Å². The monoisotopic (exact) mass is 285 g/mol. The molecular weight excluding hydrogens is 262 g/mol. The molecule has 0 fully saturated rings. The first-order valence-electron chi connectivity index (χ1n) is 7.83. The highest BCUT2D eigenvalue weighted by Crippen LogP contribution is 2.29. The molecule has 0 saturated heterocycles. The van der Waals surface area contributed by atoms with Crippen LogP contribution in [0, 0.1) is 0 Å². The molecule has 112 valence electrons. The van der Waals surface area contributed by atoms with Crippen LogP contribution in [0.5, 0.6) is 0 Å². The van der Waals surface area contributed by atoms with Gasteiger partial charge < -0.3 is 5.11 Å². The fourth-order valence-electron chi connectivity index (χ4n) is 2.54. The minimum Gasteiger partial charge on any atom is -0.506 e. The Kier molecular flexibility index (Phi) is 5.73. The topological polar surface area (TPSA) is 49.7 Å². The van der Waals surface area contributed by atoms with Gasteiger partial charge >= 0.3 is 0 Å². The number of benzene rings is 1. The van der Waals surface area contributed by atoms with Crippen LogP contribution in [0.25, 0.3) is 5.76 Å². The fraction of sp³-hybridized carbons (Fsp3) is 0.444. The molecule has 1 aromatic carbocycles. The average molecular weight is 285 g/mol. The van der Waals surface area contributed by atoms with E-state index in [1.54, 1.807) is 18.2 Å². The third-order valence-electron chi connectivity index (χ3n) is 3.79. The van der Waals surface area contributed by atoms with E-state index in [0.717, 1.165) is 6.42 Å². The standard InChI is InChI=1S/C18H23NO2/c1-2-3-4-5-6-9-12-19-13-16-17(20)14-10-7-8-11-15(14)18(16)21/h7-8,10-11,13,20H,2-6,9,12H2,1H3. The summed E-state index contributed by atoms with van der Waals surface area (Å²) in [7, 11) is 0. The summed E-state index contributed by atoms with van der Waals surface area (Å²) >= 11 is 0. The molecule has 2 rings (SSSR count). The average Bonchev–Trinajstić information content (AvgIpc) is 2.75. The maximum atomic E-state index is 12.1. The number of ketones is 1. The third-order valence-corrected chi connectivity index (χ3v) is 3.79. The van der Waals surface area contributed by atoms with Crippen LogP contribution in [0.1, 0.15) is 61.4 Å². The van der Waals surface area contributed by atoms with Crippen molar-refractivity contribution in [3.8, 4) is 0 Å². The summed E-state index contributed by atoms with van der Waals surface area (Å²) in [6.45, 7) is 2.92. The number of fused-ring (bicyclic) bond motifs is 1. The molecule has 0 heterocycles. The van der Waals surface area contributed by atoms with Crippen LogP contribution in [0.15, 0.2) is 34.8 Å². The number of aliphatic imine (C=N–C) groups is 1. The van der Waals surface area contributed by atoms with E-state index in [0.29, 0.717) is 23.2 Å². The Morgan fingerprint density at radius 1 is 1.05 bits per heavy atom. The van der Waals surface area contributed by atoms with Crippen LogP contribution in [0.2, 0.25) is 0 Å². The highest BCUT2D eigenvalue weighted by molar-refractivity contribution is 6.30. The molecule has 1 aromatic rings. The zero-order valence-corrected chi connectivity index (χ0v) is 12.6. The van der Waals surface area contributed by atoms with Crippen LogP contribution >= 0.6 is 0 Å². The van der Waals surface area contributed by atoms with E-state index in [-0.39, 0.29) is 11.5 Å². The van der Waals surface area contributed by atoms with E-state index < -0.39 is 0 Å². The number of unbranched alkanes of at least 4 members (excludes halogenated alkanes) is 5. The van der Waals surface area contributed by atoms with Crippen LogP contribution in [-0.4, -0.2) is 23.6 Å². The summed E-state index contributed by atoms with van der Waals surface area (Å²) in [5.74, 6) is -0.0721. The predicted octanol–water partition coefficient (Wildman–Crippen LogP) is 4.58. The molecule has 0 unspecified atom stereocenters. The van der Waals surface area contributed by atoms with Gasteiger partial charge in [0.2, 0.25) is 0 Å². The maximum Gasteiger partial charge on any atom is 0.199 e. The molecule has 3 heteroatoms. The molecule has 0 spiro atoms. The Labute approximate surface area is 126 Å². The minimum atomic E-state index is -0.130. The fourth-order valence-corrected chi connectivity index (χ4v) is 2.54. The van der Waals surface area contributed by atoms with Gasteiger partial charge in [-0.25, -0.2) is 0 Å². The van der Waals surface area contributed by atoms with Gasteiger partial charge in [0, 0.05) is 23.9 Å². The van der Waals surface area contributed by atoms with Crippen molar-refractivity contribution in [2.75, 3.05) is 6.54 Å². The Morgan fingerprint density at radius 3 is 2.43 bits per heavy atom. The zero-order valence-electron chi connectivity index (χ0n) is 12.6. The lowest BCUT2D eigenvalue weighted by Crippen LogP contribution is -2.00. The van der Waals surface area contributed by atoms with Crippen molar-refractivity contribution >= 4 is 17.8 Å². The molecule has 0 amide bonds. The van der Waals surface area contributed by atoms with Gasteiger partial charge in [0.05, 0.1) is 5.57 Å². The van der Waals surface area contributed by atoms with Crippen molar-refractivity contribution in [2.24, 2.45) is 4.99 Å². The lowest BCUT2D eigenvalue weighted by molar-refractivity contribution is 0.104. The lowest BCUT2D eigenvalue weighted by Gasteiger charge is -1.98. The molecule has 0 bridgehead atoms. The van der Waals surface area contributed by atoms with E-state index in [1.807, 2.05) is 6.07 Å². The normalized spacial score (nSPS) is 14.2. The van der Waals surface area contributed by atoms with Gasteiger partial charge in [-0.15, -0.1) is 0 Å². The number of carbonyl (C=O) groups excluding carboxylic acids is 1. The van der Waals surface area contributed by atoms with Crippen LogP contribution in [0.3, 0.4) is 0 Å². The number of aliphatic hydroxyl groups is 1. The van der Waals surface area contributed by atoms with Crippen molar-refractivity contribution in [1.29, 1.82) is 0 Å². The SMILES string of the molecule is CCCCCCCCN=CC1=C(O)c2ccccc2C1=O. The first-order chi connectivity index (χ1) is 10.3.